The molecule has 2 aromatic carbocycles. The molecule has 140 valence electrons. The Morgan fingerprint density at radius 3 is 2.46 bits per heavy atom. The summed E-state index contributed by atoms with van der Waals surface area (Å²) in [6.07, 6.45) is 1.86. The lowest BCUT2D eigenvalue weighted by Gasteiger charge is -2.13. The molecule has 0 aliphatic rings. The molecule has 0 aromatic heterocycles. The van der Waals surface area contributed by atoms with E-state index in [9.17, 15) is 0 Å². The molecular weight excluding hydrogens is 326 g/mol. The Labute approximate surface area is 156 Å². The first-order valence-corrected chi connectivity index (χ1v) is 8.97. The Morgan fingerprint density at radius 1 is 1.08 bits per heavy atom. The van der Waals surface area contributed by atoms with Crippen molar-refractivity contribution in [2.45, 2.75) is 25.7 Å². The highest BCUT2D eigenvalue weighted by atomic mass is 16.5. The second-order valence-corrected chi connectivity index (χ2v) is 6.11. The van der Waals surface area contributed by atoms with Gasteiger partial charge in [0, 0.05) is 19.0 Å². The largest absolute Gasteiger partial charge is 0.493 e. The summed E-state index contributed by atoms with van der Waals surface area (Å²) >= 11 is 0. The van der Waals surface area contributed by atoms with Gasteiger partial charge in [0.15, 0.2) is 17.5 Å². The molecule has 5 heteroatoms. The van der Waals surface area contributed by atoms with E-state index in [1.165, 1.54) is 5.56 Å². The monoisotopic (exact) mass is 355 g/mol. The summed E-state index contributed by atoms with van der Waals surface area (Å²) in [5.74, 6) is 2.35. The van der Waals surface area contributed by atoms with Gasteiger partial charge >= 0.3 is 0 Å². The van der Waals surface area contributed by atoms with Crippen LogP contribution >= 0.6 is 0 Å². The summed E-state index contributed by atoms with van der Waals surface area (Å²) in [6.45, 7) is 3.58. The minimum atomic E-state index is 0.391. The topological polar surface area (TPSA) is 68.9 Å². The van der Waals surface area contributed by atoms with E-state index in [-0.39, 0.29) is 0 Å². The zero-order valence-electron chi connectivity index (χ0n) is 15.9. The number of nitrogens with two attached hydrogens (primary N) is 1. The van der Waals surface area contributed by atoms with Crippen LogP contribution in [0.3, 0.4) is 0 Å². The third-order valence-electron chi connectivity index (χ3n) is 4.41. The first kappa shape index (κ1) is 19.6. The van der Waals surface area contributed by atoms with E-state index in [1.54, 1.807) is 14.2 Å². The van der Waals surface area contributed by atoms with E-state index in [0.29, 0.717) is 25.0 Å². The van der Waals surface area contributed by atoms with Crippen LogP contribution < -0.4 is 20.5 Å². The lowest BCUT2D eigenvalue weighted by atomic mass is 9.97. The molecule has 0 aliphatic heterocycles. The van der Waals surface area contributed by atoms with Gasteiger partial charge in [-0.1, -0.05) is 43.3 Å². The Balaban J connectivity index is 1.84. The first-order chi connectivity index (χ1) is 12.7. The third-order valence-corrected chi connectivity index (χ3v) is 4.41. The molecule has 1 unspecified atom stereocenters. The van der Waals surface area contributed by atoms with Crippen LogP contribution in [0.25, 0.3) is 0 Å². The lowest BCUT2D eigenvalue weighted by molar-refractivity contribution is 0.354. The molecule has 0 spiro atoms. The number of rotatable bonds is 9. The van der Waals surface area contributed by atoms with Crippen LogP contribution in [0.4, 0.5) is 0 Å². The molecule has 26 heavy (non-hydrogen) atoms. The highest BCUT2D eigenvalue weighted by Gasteiger charge is 2.08. The average Bonchev–Trinajstić information content (AvgIpc) is 2.69. The van der Waals surface area contributed by atoms with Crippen LogP contribution in [-0.4, -0.2) is 33.3 Å². The molecule has 0 heterocycles. The van der Waals surface area contributed by atoms with Gasteiger partial charge < -0.3 is 20.5 Å². The number of guanidine groups is 1. The highest BCUT2D eigenvalue weighted by molar-refractivity contribution is 5.77. The molecular formula is C21H29N3O2. The second kappa shape index (κ2) is 10.3. The number of methoxy groups -OCH3 is 2. The van der Waals surface area contributed by atoms with Crippen LogP contribution in [0.1, 0.15) is 30.4 Å². The average molecular weight is 355 g/mol. The standard InChI is InChI=1S/C21H29N3O2/c1-4-17(18-8-6-5-7-9-18)15-24-21(22)23-13-12-16-10-11-19(25-2)20(14-16)26-3/h5-11,14,17H,4,12-13,15H2,1-3H3,(H3,22,23,24). The maximum atomic E-state index is 6.01. The van der Waals surface area contributed by atoms with Gasteiger partial charge in [-0.05, 0) is 36.1 Å². The number of hydrogen-bond acceptors (Lipinski definition) is 3. The van der Waals surface area contributed by atoms with Crippen molar-refractivity contribution >= 4 is 5.96 Å². The van der Waals surface area contributed by atoms with Crippen molar-refractivity contribution in [1.29, 1.82) is 0 Å². The van der Waals surface area contributed by atoms with Crippen molar-refractivity contribution in [3.8, 4) is 11.5 Å². The van der Waals surface area contributed by atoms with Crippen molar-refractivity contribution < 1.29 is 9.47 Å². The predicted molar refractivity (Wildman–Crippen MR) is 107 cm³/mol. The van der Waals surface area contributed by atoms with Gasteiger partial charge in [0.25, 0.3) is 0 Å². The third kappa shape index (κ3) is 5.69. The number of nitrogens with one attached hydrogen (secondary N) is 1. The van der Waals surface area contributed by atoms with Crippen molar-refractivity contribution in [1.82, 2.24) is 5.32 Å². The van der Waals surface area contributed by atoms with E-state index < -0.39 is 0 Å². The molecule has 0 radical (unpaired) electrons. The van der Waals surface area contributed by atoms with Gasteiger partial charge in [-0.15, -0.1) is 0 Å². The normalized spacial score (nSPS) is 12.5. The number of hydrogen-bond donors (Lipinski definition) is 2. The fourth-order valence-corrected chi connectivity index (χ4v) is 2.83. The minimum Gasteiger partial charge on any atom is -0.493 e. The van der Waals surface area contributed by atoms with Crippen LogP contribution in [0.2, 0.25) is 0 Å². The molecule has 0 saturated carbocycles. The van der Waals surface area contributed by atoms with Gasteiger partial charge in [0.1, 0.15) is 0 Å². The van der Waals surface area contributed by atoms with Crippen molar-refractivity contribution in [2.75, 3.05) is 27.3 Å². The van der Waals surface area contributed by atoms with Gasteiger partial charge in [-0.25, -0.2) is 0 Å². The molecule has 2 rings (SSSR count). The fraction of sp³-hybridized carbons (Fsp3) is 0.381. The van der Waals surface area contributed by atoms with Crippen molar-refractivity contribution in [2.24, 2.45) is 10.7 Å². The van der Waals surface area contributed by atoms with Gasteiger partial charge in [0.05, 0.1) is 14.2 Å². The molecule has 3 N–H and O–H groups in total. The molecule has 0 aliphatic carbocycles. The molecule has 0 fully saturated rings. The maximum Gasteiger partial charge on any atom is 0.188 e. The molecule has 0 bridgehead atoms. The summed E-state index contributed by atoms with van der Waals surface area (Å²) in [5, 5.41) is 3.18. The van der Waals surface area contributed by atoms with E-state index in [1.807, 2.05) is 24.3 Å². The summed E-state index contributed by atoms with van der Waals surface area (Å²) in [6, 6.07) is 16.4. The van der Waals surface area contributed by atoms with Gasteiger partial charge in [-0.3, -0.25) is 4.99 Å². The number of benzene rings is 2. The van der Waals surface area contributed by atoms with Gasteiger partial charge in [0.2, 0.25) is 0 Å². The molecule has 1 atom stereocenters. The quantitative estimate of drug-likeness (QED) is 0.535. The van der Waals surface area contributed by atoms with E-state index in [2.05, 4.69) is 41.5 Å². The summed E-state index contributed by atoms with van der Waals surface area (Å²) in [4.78, 5) is 4.50. The fourth-order valence-electron chi connectivity index (χ4n) is 2.83. The maximum absolute atomic E-state index is 6.01. The zero-order valence-corrected chi connectivity index (χ0v) is 15.9. The summed E-state index contributed by atoms with van der Waals surface area (Å²) in [7, 11) is 3.27. The number of nitrogens with zero attached hydrogens (tertiary/aromatic N) is 1. The summed E-state index contributed by atoms with van der Waals surface area (Å²) in [5.41, 5.74) is 8.47. The number of ether oxygens (including phenoxy) is 2. The predicted octanol–water partition coefficient (Wildman–Crippen LogP) is 3.34. The smallest absolute Gasteiger partial charge is 0.188 e. The van der Waals surface area contributed by atoms with E-state index in [0.717, 1.165) is 29.9 Å². The highest BCUT2D eigenvalue weighted by Crippen LogP contribution is 2.27. The van der Waals surface area contributed by atoms with Gasteiger partial charge in [-0.2, -0.15) is 0 Å². The zero-order chi connectivity index (χ0) is 18.8. The molecule has 0 saturated heterocycles. The first-order valence-electron chi connectivity index (χ1n) is 8.97. The minimum absolute atomic E-state index is 0.391. The van der Waals surface area contributed by atoms with Crippen LogP contribution in [0, 0.1) is 0 Å². The number of aliphatic imine (C=N–C) groups is 1. The van der Waals surface area contributed by atoms with Crippen molar-refractivity contribution in [3.63, 3.8) is 0 Å². The van der Waals surface area contributed by atoms with Crippen LogP contribution in [-0.2, 0) is 6.42 Å². The molecule has 0 amide bonds. The molecule has 5 nitrogen and oxygen atoms in total. The second-order valence-electron chi connectivity index (χ2n) is 6.11. The Bertz CT molecular complexity index is 702. The SMILES string of the molecule is CCC(CN=C(N)NCCc1ccc(OC)c(OC)c1)c1ccccc1. The van der Waals surface area contributed by atoms with Crippen LogP contribution in [0.15, 0.2) is 53.5 Å². The summed E-state index contributed by atoms with van der Waals surface area (Å²) < 4.78 is 10.6. The lowest BCUT2D eigenvalue weighted by Crippen LogP contribution is -2.33. The van der Waals surface area contributed by atoms with Crippen molar-refractivity contribution in [3.05, 3.63) is 59.7 Å². The Morgan fingerprint density at radius 2 is 1.81 bits per heavy atom. The van der Waals surface area contributed by atoms with E-state index >= 15 is 0 Å². The molecule has 2 aromatic rings. The Hall–Kier alpha value is -2.69. The Kier molecular flexibility index (Phi) is 7.80. The van der Waals surface area contributed by atoms with Crippen LogP contribution in [0.5, 0.6) is 11.5 Å². The van der Waals surface area contributed by atoms with E-state index in [4.69, 9.17) is 15.2 Å².